The first-order chi connectivity index (χ1) is 14.2. The van der Waals surface area contributed by atoms with Gasteiger partial charge in [0.2, 0.25) is 0 Å². The number of ketones is 1. The number of hydrogen-bond acceptors (Lipinski definition) is 3. The van der Waals surface area contributed by atoms with E-state index < -0.39 is 5.97 Å². The van der Waals surface area contributed by atoms with Crippen LogP contribution in [-0.2, 0) is 9.59 Å². The highest BCUT2D eigenvalue weighted by molar-refractivity contribution is 5.92. The number of fused-ring (bicyclic) bond motifs is 4. The van der Waals surface area contributed by atoms with Gasteiger partial charge in [-0.1, -0.05) is 20.3 Å². The van der Waals surface area contributed by atoms with Crippen molar-refractivity contribution in [1.29, 1.82) is 0 Å². The number of nitrogens with two attached hydrogens (primary N) is 1. The lowest BCUT2D eigenvalue weighted by Gasteiger charge is -2.61. The predicted molar refractivity (Wildman–Crippen MR) is 117 cm³/mol. The molecule has 0 radical (unpaired) electrons. The van der Waals surface area contributed by atoms with Crippen LogP contribution in [0.15, 0.2) is 11.6 Å². The van der Waals surface area contributed by atoms with E-state index in [1.54, 1.807) is 0 Å². The fourth-order valence-electron chi connectivity index (χ4n) is 8.58. The largest absolute Gasteiger partial charge is 0.481 e. The highest BCUT2D eigenvalue weighted by Crippen LogP contribution is 2.73. The Morgan fingerprint density at radius 2 is 1.97 bits per heavy atom. The Bertz CT molecular complexity index is 783. The van der Waals surface area contributed by atoms with Gasteiger partial charge in [-0.05, 0) is 110 Å². The Hall–Kier alpha value is -1.16. The molecule has 0 heterocycles. The lowest BCUT2D eigenvalue weighted by atomic mass is 9.44. The van der Waals surface area contributed by atoms with Gasteiger partial charge in [-0.2, -0.15) is 0 Å². The van der Waals surface area contributed by atoms with Crippen molar-refractivity contribution in [3.05, 3.63) is 11.6 Å². The zero-order valence-corrected chi connectivity index (χ0v) is 18.8. The molecule has 0 amide bonds. The molecule has 0 aliphatic heterocycles. The molecule has 0 saturated heterocycles. The highest BCUT2D eigenvalue weighted by Gasteiger charge is 2.67. The van der Waals surface area contributed by atoms with Gasteiger partial charge >= 0.3 is 5.97 Å². The van der Waals surface area contributed by atoms with E-state index in [9.17, 15) is 14.7 Å². The molecule has 4 heteroatoms. The fraction of sp³-hybridized carbons (Fsp3) is 0.846. The topological polar surface area (TPSA) is 80.4 Å². The molecular weight excluding hydrogens is 374 g/mol. The van der Waals surface area contributed by atoms with Crippen molar-refractivity contribution in [2.45, 2.75) is 96.4 Å². The van der Waals surface area contributed by atoms with Crippen LogP contribution < -0.4 is 5.73 Å². The Kier molecular flexibility index (Phi) is 4.78. The molecule has 4 saturated carbocycles. The first-order valence-electron chi connectivity index (χ1n) is 12.5. The van der Waals surface area contributed by atoms with Gasteiger partial charge in [0, 0.05) is 18.4 Å². The Morgan fingerprint density at radius 3 is 2.57 bits per heavy atom. The molecule has 7 unspecified atom stereocenters. The Balaban J connectivity index is 1.51. The van der Waals surface area contributed by atoms with Gasteiger partial charge in [0.25, 0.3) is 0 Å². The van der Waals surface area contributed by atoms with Crippen LogP contribution >= 0.6 is 0 Å². The monoisotopic (exact) mass is 413 g/mol. The third kappa shape index (κ3) is 3.04. The summed E-state index contributed by atoms with van der Waals surface area (Å²) in [6.07, 6.45) is 14.0. The number of aliphatic carboxylic acids is 1. The van der Waals surface area contributed by atoms with Crippen LogP contribution in [0.25, 0.3) is 0 Å². The molecular formula is C26H39NO3. The minimum absolute atomic E-state index is 0.209. The van der Waals surface area contributed by atoms with Gasteiger partial charge in [-0.25, -0.2) is 0 Å². The number of carboxylic acids is 1. The third-order valence-electron chi connectivity index (χ3n) is 10.3. The van der Waals surface area contributed by atoms with Crippen LogP contribution in [0.1, 0.15) is 90.9 Å². The van der Waals surface area contributed by atoms with Gasteiger partial charge in [0.05, 0.1) is 0 Å². The number of hydrogen-bond donors (Lipinski definition) is 2. The molecule has 0 bridgehead atoms. The van der Waals surface area contributed by atoms with Gasteiger partial charge in [0.15, 0.2) is 5.78 Å². The molecule has 4 fully saturated rings. The molecule has 30 heavy (non-hydrogen) atoms. The SMILES string of the molecule is CCC1(CCCC(=O)O)CCC2C(CC3(CC3)C3=CC(=O)CCC32N)C1C1CC1C. The van der Waals surface area contributed by atoms with Crippen LogP contribution in [0.4, 0.5) is 0 Å². The van der Waals surface area contributed by atoms with E-state index >= 15 is 0 Å². The summed E-state index contributed by atoms with van der Waals surface area (Å²) >= 11 is 0. The summed E-state index contributed by atoms with van der Waals surface area (Å²) in [6.45, 7) is 4.75. The van der Waals surface area contributed by atoms with E-state index in [0.717, 1.165) is 43.9 Å². The van der Waals surface area contributed by atoms with Crippen molar-refractivity contribution in [3.8, 4) is 0 Å². The average Bonchev–Trinajstić information content (AvgIpc) is 3.62. The summed E-state index contributed by atoms with van der Waals surface area (Å²) in [7, 11) is 0. The number of carbonyl (C=O) groups is 2. The number of carboxylic acid groups (broad SMARTS) is 1. The normalized spacial score (nSPS) is 46.0. The van der Waals surface area contributed by atoms with Gasteiger partial charge < -0.3 is 10.8 Å². The molecule has 5 aliphatic carbocycles. The number of carbonyl (C=O) groups excluding carboxylic acids is 1. The second-order valence-electron chi connectivity index (χ2n) is 11.7. The maximum Gasteiger partial charge on any atom is 0.303 e. The van der Waals surface area contributed by atoms with Crippen molar-refractivity contribution >= 4 is 11.8 Å². The molecule has 4 nitrogen and oxygen atoms in total. The van der Waals surface area contributed by atoms with Crippen molar-refractivity contribution < 1.29 is 14.7 Å². The van der Waals surface area contributed by atoms with E-state index in [1.165, 1.54) is 37.7 Å². The summed E-state index contributed by atoms with van der Waals surface area (Å²) < 4.78 is 0. The van der Waals surface area contributed by atoms with Gasteiger partial charge in [-0.3, -0.25) is 9.59 Å². The minimum atomic E-state index is -0.663. The Labute approximate surface area is 181 Å². The molecule has 5 rings (SSSR count). The first-order valence-corrected chi connectivity index (χ1v) is 12.5. The average molecular weight is 414 g/mol. The van der Waals surface area contributed by atoms with E-state index in [0.29, 0.717) is 30.6 Å². The van der Waals surface area contributed by atoms with Crippen LogP contribution in [0.5, 0.6) is 0 Å². The molecule has 1 spiro atoms. The van der Waals surface area contributed by atoms with Crippen molar-refractivity contribution in [2.75, 3.05) is 0 Å². The second-order valence-corrected chi connectivity index (χ2v) is 11.7. The zero-order valence-electron chi connectivity index (χ0n) is 18.8. The maximum absolute atomic E-state index is 12.3. The van der Waals surface area contributed by atoms with Gasteiger partial charge in [0.1, 0.15) is 0 Å². The molecule has 166 valence electrons. The molecule has 0 aromatic heterocycles. The summed E-state index contributed by atoms with van der Waals surface area (Å²) in [6, 6.07) is 0. The Morgan fingerprint density at radius 1 is 1.23 bits per heavy atom. The van der Waals surface area contributed by atoms with E-state index in [-0.39, 0.29) is 22.2 Å². The molecule has 0 aromatic carbocycles. The molecule has 3 N–H and O–H groups in total. The van der Waals surface area contributed by atoms with E-state index in [4.69, 9.17) is 5.73 Å². The summed E-state index contributed by atoms with van der Waals surface area (Å²) in [4.78, 5) is 23.5. The van der Waals surface area contributed by atoms with E-state index in [2.05, 4.69) is 13.8 Å². The summed E-state index contributed by atoms with van der Waals surface area (Å²) in [5.41, 5.74) is 8.83. The predicted octanol–water partition coefficient (Wildman–Crippen LogP) is 5.11. The van der Waals surface area contributed by atoms with Crippen molar-refractivity contribution in [1.82, 2.24) is 0 Å². The summed E-state index contributed by atoms with van der Waals surface area (Å²) in [5, 5.41) is 9.23. The van der Waals surface area contributed by atoms with Crippen LogP contribution in [0.3, 0.4) is 0 Å². The van der Waals surface area contributed by atoms with E-state index in [1.807, 2.05) is 6.08 Å². The lowest BCUT2D eigenvalue weighted by Crippen LogP contribution is -2.63. The zero-order chi connectivity index (χ0) is 21.3. The molecule has 7 atom stereocenters. The smallest absolute Gasteiger partial charge is 0.303 e. The van der Waals surface area contributed by atoms with Crippen LogP contribution in [-0.4, -0.2) is 22.4 Å². The van der Waals surface area contributed by atoms with Crippen molar-refractivity contribution in [3.63, 3.8) is 0 Å². The lowest BCUT2D eigenvalue weighted by molar-refractivity contribution is -0.137. The maximum atomic E-state index is 12.3. The fourth-order valence-corrected chi connectivity index (χ4v) is 8.58. The third-order valence-corrected chi connectivity index (χ3v) is 10.3. The van der Waals surface area contributed by atoms with Crippen LogP contribution in [0.2, 0.25) is 0 Å². The van der Waals surface area contributed by atoms with Crippen LogP contribution in [0, 0.1) is 40.4 Å². The molecule has 0 aromatic rings. The first kappa shape index (κ1) is 20.7. The number of rotatable bonds is 6. The van der Waals surface area contributed by atoms with Crippen molar-refractivity contribution in [2.24, 2.45) is 46.2 Å². The molecule has 5 aliphatic rings. The summed E-state index contributed by atoms with van der Waals surface area (Å²) in [5.74, 6) is 3.04. The highest BCUT2D eigenvalue weighted by atomic mass is 16.4. The second kappa shape index (κ2) is 6.92. The van der Waals surface area contributed by atoms with Gasteiger partial charge in [-0.15, -0.1) is 0 Å². The standard InChI is InChI=1S/C26H39NO3/c1-3-24(8-4-5-22(29)30)9-7-20-19(23(24)18-13-16(18)2)15-25(11-12-25)21-14-17(28)6-10-26(20,21)27/h14,16,18-20,23H,3-13,15,27H2,1-2H3,(H,29,30). The quantitative estimate of drug-likeness (QED) is 0.634. The number of allylic oxidation sites excluding steroid dienone is 1. The minimum Gasteiger partial charge on any atom is -0.481 e.